The monoisotopic (exact) mass is 380 g/mol. The molecule has 144 valence electrons. The van der Waals surface area contributed by atoms with Gasteiger partial charge in [0.25, 0.3) is 5.82 Å². The van der Waals surface area contributed by atoms with Crippen molar-refractivity contribution in [2.24, 2.45) is 0 Å². The van der Waals surface area contributed by atoms with Crippen LogP contribution in [-0.2, 0) is 17.4 Å². The minimum absolute atomic E-state index is 0.00977. The first kappa shape index (κ1) is 19.0. The molecule has 3 rings (SSSR count). The molecule has 0 aliphatic carbocycles. The van der Waals surface area contributed by atoms with Gasteiger partial charge in [0.1, 0.15) is 25.0 Å². The van der Waals surface area contributed by atoms with Gasteiger partial charge in [-0.1, -0.05) is 18.2 Å². The molecule has 5 nitrogen and oxygen atoms in total. The van der Waals surface area contributed by atoms with Gasteiger partial charge in [-0.25, -0.2) is 4.98 Å². The van der Waals surface area contributed by atoms with Gasteiger partial charge in [-0.2, -0.15) is 13.2 Å². The number of nitrogens with zero attached hydrogens (tertiary/aromatic N) is 2. The molecule has 0 bridgehead atoms. The van der Waals surface area contributed by atoms with Crippen LogP contribution in [0, 0.1) is 0 Å². The number of benzene rings is 1. The summed E-state index contributed by atoms with van der Waals surface area (Å²) >= 11 is 0. The number of piperazine rings is 1. The van der Waals surface area contributed by atoms with Crippen molar-refractivity contribution < 1.29 is 27.7 Å². The van der Waals surface area contributed by atoms with E-state index in [2.05, 4.69) is 4.98 Å². The van der Waals surface area contributed by atoms with E-state index >= 15 is 0 Å². The molecule has 1 aliphatic rings. The van der Waals surface area contributed by atoms with E-state index in [9.17, 15) is 18.0 Å². The van der Waals surface area contributed by atoms with E-state index in [1.807, 2.05) is 29.2 Å². The second-order valence-corrected chi connectivity index (χ2v) is 6.32. The first-order chi connectivity index (χ1) is 12.9. The van der Waals surface area contributed by atoms with Gasteiger partial charge in [-0.3, -0.25) is 9.69 Å². The Morgan fingerprint density at radius 3 is 2.41 bits per heavy atom. The first-order valence-electron chi connectivity index (χ1n) is 8.62. The number of aromatic amines is 1. The average Bonchev–Trinajstić information content (AvgIpc) is 2.68. The molecule has 27 heavy (non-hydrogen) atoms. The zero-order valence-electron chi connectivity index (χ0n) is 14.9. The van der Waals surface area contributed by atoms with Crippen molar-refractivity contribution in [3.8, 4) is 5.75 Å². The van der Waals surface area contributed by atoms with Crippen LogP contribution in [0.25, 0.3) is 0 Å². The number of hydrogen-bond acceptors (Lipinski definition) is 3. The van der Waals surface area contributed by atoms with E-state index in [4.69, 9.17) is 4.74 Å². The lowest BCUT2D eigenvalue weighted by atomic mass is 10.1. The Kier molecular flexibility index (Phi) is 5.53. The van der Waals surface area contributed by atoms with E-state index in [1.54, 1.807) is 12.0 Å². The Labute approximate surface area is 155 Å². The van der Waals surface area contributed by atoms with E-state index in [1.165, 1.54) is 6.07 Å². The lowest BCUT2D eigenvalue weighted by Crippen LogP contribution is -2.50. The number of H-pyrrole nitrogens is 1. The van der Waals surface area contributed by atoms with Crippen LogP contribution in [-0.4, -0.2) is 44.1 Å². The molecule has 1 aliphatic heterocycles. The lowest BCUT2D eigenvalue weighted by Gasteiger charge is -2.31. The van der Waals surface area contributed by atoms with Gasteiger partial charge in [0.2, 0.25) is 5.91 Å². The number of carbonyl (C=O) groups is 1. The molecule has 0 spiro atoms. The zero-order chi connectivity index (χ0) is 19.4. The van der Waals surface area contributed by atoms with Crippen molar-refractivity contribution >= 4 is 11.7 Å². The SMILES string of the molecule is COc1ccccc1CC(=O)N1CCN(c2ccc(C(F)(F)F)c[nH+]2)CC1. The topological polar surface area (TPSA) is 46.9 Å². The third kappa shape index (κ3) is 4.50. The highest BCUT2D eigenvalue weighted by Crippen LogP contribution is 2.28. The minimum atomic E-state index is -4.36. The van der Waals surface area contributed by atoms with Crippen molar-refractivity contribution in [2.45, 2.75) is 12.6 Å². The van der Waals surface area contributed by atoms with Crippen molar-refractivity contribution in [1.29, 1.82) is 0 Å². The van der Waals surface area contributed by atoms with Gasteiger partial charge < -0.3 is 9.64 Å². The van der Waals surface area contributed by atoms with Crippen LogP contribution in [0.5, 0.6) is 5.75 Å². The van der Waals surface area contributed by atoms with Crippen LogP contribution in [0.3, 0.4) is 0 Å². The predicted molar refractivity (Wildman–Crippen MR) is 93.5 cm³/mol. The number of carbonyl (C=O) groups excluding carboxylic acids is 1. The van der Waals surface area contributed by atoms with Crippen LogP contribution < -0.4 is 14.6 Å². The fourth-order valence-electron chi connectivity index (χ4n) is 3.11. The number of ether oxygens (including phenoxy) is 1. The number of alkyl halides is 3. The second kappa shape index (κ2) is 7.85. The largest absolute Gasteiger partial charge is 0.496 e. The van der Waals surface area contributed by atoms with Gasteiger partial charge in [0.05, 0.1) is 32.2 Å². The summed E-state index contributed by atoms with van der Waals surface area (Å²) in [5, 5.41) is 0. The number of anilines is 1. The van der Waals surface area contributed by atoms with Gasteiger partial charge >= 0.3 is 6.18 Å². The predicted octanol–water partition coefficient (Wildman–Crippen LogP) is 2.42. The summed E-state index contributed by atoms with van der Waals surface area (Å²) in [6.45, 7) is 2.14. The molecule has 0 atom stereocenters. The number of pyridine rings is 1. The number of rotatable bonds is 4. The number of hydrogen-bond donors (Lipinski definition) is 0. The number of aromatic nitrogens is 1. The van der Waals surface area contributed by atoms with Crippen molar-refractivity contribution in [2.75, 3.05) is 38.2 Å². The van der Waals surface area contributed by atoms with Crippen molar-refractivity contribution in [1.82, 2.24) is 4.90 Å². The highest BCUT2D eigenvalue weighted by atomic mass is 19.4. The summed E-state index contributed by atoms with van der Waals surface area (Å²) in [5.74, 6) is 1.30. The smallest absolute Gasteiger partial charge is 0.419 e. The van der Waals surface area contributed by atoms with Gasteiger partial charge in [0, 0.05) is 11.6 Å². The molecule has 2 heterocycles. The standard InChI is InChI=1S/C19H20F3N3O2/c1-27-16-5-3-2-4-14(16)12-18(26)25-10-8-24(9-11-25)17-7-6-15(13-23-17)19(20,21)22/h2-7,13H,8-12H2,1H3/p+1. The zero-order valence-corrected chi connectivity index (χ0v) is 14.9. The Morgan fingerprint density at radius 2 is 1.81 bits per heavy atom. The molecule has 1 aromatic carbocycles. The fourth-order valence-corrected chi connectivity index (χ4v) is 3.11. The highest BCUT2D eigenvalue weighted by molar-refractivity contribution is 5.79. The number of para-hydroxylation sites is 1. The molecule has 0 saturated carbocycles. The summed E-state index contributed by atoms with van der Waals surface area (Å²) in [4.78, 5) is 19.0. The van der Waals surface area contributed by atoms with Crippen LogP contribution >= 0.6 is 0 Å². The van der Waals surface area contributed by atoms with Crippen LogP contribution in [0.4, 0.5) is 19.0 Å². The summed E-state index contributed by atoms with van der Waals surface area (Å²) in [6, 6.07) is 9.89. The number of nitrogens with one attached hydrogen (secondary N) is 1. The number of amides is 1. The third-order valence-electron chi connectivity index (χ3n) is 4.63. The van der Waals surface area contributed by atoms with Crippen molar-refractivity contribution in [3.05, 3.63) is 53.7 Å². The molecule has 1 N–H and O–H groups in total. The Morgan fingerprint density at radius 1 is 1.11 bits per heavy atom. The molecule has 0 unspecified atom stereocenters. The second-order valence-electron chi connectivity index (χ2n) is 6.32. The Balaban J connectivity index is 1.57. The minimum Gasteiger partial charge on any atom is -0.496 e. The van der Waals surface area contributed by atoms with Crippen LogP contribution in [0.1, 0.15) is 11.1 Å². The molecule has 8 heteroatoms. The third-order valence-corrected chi connectivity index (χ3v) is 4.63. The van der Waals surface area contributed by atoms with E-state index in [-0.39, 0.29) is 12.3 Å². The van der Waals surface area contributed by atoms with E-state index in [0.29, 0.717) is 37.7 Å². The van der Waals surface area contributed by atoms with Crippen LogP contribution in [0.15, 0.2) is 42.6 Å². The van der Waals surface area contributed by atoms with Crippen LogP contribution in [0.2, 0.25) is 0 Å². The molecule has 1 aromatic heterocycles. The van der Waals surface area contributed by atoms with Gasteiger partial charge in [-0.15, -0.1) is 0 Å². The maximum Gasteiger partial charge on any atom is 0.419 e. The summed E-state index contributed by atoms with van der Waals surface area (Å²) in [5.41, 5.74) is 0.125. The normalized spacial score (nSPS) is 15.0. The molecule has 0 radical (unpaired) electrons. The molecule has 1 amide bonds. The fraction of sp³-hybridized carbons (Fsp3) is 0.368. The summed E-state index contributed by atoms with van der Waals surface area (Å²) < 4.78 is 43.2. The van der Waals surface area contributed by atoms with Gasteiger partial charge in [-0.05, 0) is 12.1 Å². The summed E-state index contributed by atoms with van der Waals surface area (Å²) in [7, 11) is 1.57. The quantitative estimate of drug-likeness (QED) is 0.819. The Hall–Kier alpha value is -2.77. The molecule has 1 saturated heterocycles. The maximum absolute atomic E-state index is 12.6. The lowest BCUT2D eigenvalue weighted by molar-refractivity contribution is -0.367. The maximum atomic E-state index is 12.6. The average molecular weight is 380 g/mol. The van der Waals surface area contributed by atoms with E-state index < -0.39 is 11.7 Å². The van der Waals surface area contributed by atoms with Crippen molar-refractivity contribution in [3.63, 3.8) is 0 Å². The molecular formula is C19H21F3N3O2+. The number of halogens is 3. The number of methoxy groups -OCH3 is 1. The first-order valence-corrected chi connectivity index (χ1v) is 8.62. The Bertz CT molecular complexity index is 786. The van der Waals surface area contributed by atoms with E-state index in [0.717, 1.165) is 17.8 Å². The van der Waals surface area contributed by atoms with Gasteiger partial charge in [0.15, 0.2) is 0 Å². The highest BCUT2D eigenvalue weighted by Gasteiger charge is 2.33. The molecular weight excluding hydrogens is 359 g/mol. The summed E-state index contributed by atoms with van der Waals surface area (Å²) in [6.07, 6.45) is -3.14. The molecule has 2 aromatic rings. The molecule has 1 fully saturated rings.